The lowest BCUT2D eigenvalue weighted by Crippen LogP contribution is -2.01. The molecule has 0 saturated carbocycles. The summed E-state index contributed by atoms with van der Waals surface area (Å²) in [6, 6.07) is 7.89. The van der Waals surface area contributed by atoms with Crippen molar-refractivity contribution in [3.05, 3.63) is 42.0 Å². The fraction of sp³-hybridized carbons (Fsp3) is 0.182. The van der Waals surface area contributed by atoms with Crippen LogP contribution in [0.4, 0.5) is 0 Å². The number of aryl methyl sites for hydroxylation is 1. The predicted molar refractivity (Wildman–Crippen MR) is 58.6 cm³/mol. The van der Waals surface area contributed by atoms with E-state index in [9.17, 15) is 0 Å². The third kappa shape index (κ3) is 2.62. The first-order valence-corrected chi connectivity index (χ1v) is 4.31. The Hall–Kier alpha value is -1.77. The van der Waals surface area contributed by atoms with Gasteiger partial charge in [-0.3, -0.25) is 0 Å². The minimum atomic E-state index is 0.400. The molecular weight excluding hydrogens is 176 g/mol. The molecule has 14 heavy (non-hydrogen) atoms. The summed E-state index contributed by atoms with van der Waals surface area (Å²) in [5, 5.41) is 3.41. The van der Waals surface area contributed by atoms with Crippen molar-refractivity contribution in [2.24, 2.45) is 10.9 Å². The SMILES string of the molecule is C=C(O/C(C)=N\N)c1cccc(C)c1. The van der Waals surface area contributed by atoms with E-state index in [4.69, 9.17) is 10.6 Å². The van der Waals surface area contributed by atoms with Crippen LogP contribution in [0.1, 0.15) is 18.1 Å². The molecule has 1 aromatic carbocycles. The van der Waals surface area contributed by atoms with Crippen molar-refractivity contribution in [3.8, 4) is 0 Å². The number of hydrazone groups is 1. The Labute approximate surface area is 83.9 Å². The van der Waals surface area contributed by atoms with Gasteiger partial charge in [0.15, 0.2) is 0 Å². The van der Waals surface area contributed by atoms with Crippen LogP contribution in [0.2, 0.25) is 0 Å². The van der Waals surface area contributed by atoms with Crippen molar-refractivity contribution < 1.29 is 4.74 Å². The Balaban J connectivity index is 2.80. The molecule has 1 rings (SSSR count). The molecule has 3 heteroatoms. The van der Waals surface area contributed by atoms with E-state index in [0.717, 1.165) is 11.1 Å². The minimum Gasteiger partial charge on any atom is -0.442 e. The van der Waals surface area contributed by atoms with E-state index in [1.165, 1.54) is 0 Å². The number of hydrogen-bond donors (Lipinski definition) is 1. The second kappa shape index (κ2) is 4.46. The van der Waals surface area contributed by atoms with Gasteiger partial charge in [-0.2, -0.15) is 0 Å². The highest BCUT2D eigenvalue weighted by atomic mass is 16.5. The first-order valence-electron chi connectivity index (χ1n) is 4.31. The van der Waals surface area contributed by atoms with E-state index < -0.39 is 0 Å². The van der Waals surface area contributed by atoms with Crippen LogP contribution < -0.4 is 5.84 Å². The highest BCUT2D eigenvalue weighted by Crippen LogP contribution is 2.15. The van der Waals surface area contributed by atoms with Crippen LogP contribution in [-0.4, -0.2) is 5.90 Å². The molecule has 0 atom stereocenters. The summed E-state index contributed by atoms with van der Waals surface area (Å²) in [6.07, 6.45) is 0. The van der Waals surface area contributed by atoms with Gasteiger partial charge in [-0.15, -0.1) is 5.10 Å². The molecule has 0 heterocycles. The summed E-state index contributed by atoms with van der Waals surface area (Å²) in [5.74, 6) is 6.01. The highest BCUT2D eigenvalue weighted by molar-refractivity contribution is 5.79. The summed E-state index contributed by atoms with van der Waals surface area (Å²) in [7, 11) is 0. The van der Waals surface area contributed by atoms with E-state index >= 15 is 0 Å². The largest absolute Gasteiger partial charge is 0.442 e. The quantitative estimate of drug-likeness (QED) is 0.256. The maximum absolute atomic E-state index is 5.27. The lowest BCUT2D eigenvalue weighted by Gasteiger charge is -2.07. The van der Waals surface area contributed by atoms with Crippen LogP contribution in [0.25, 0.3) is 5.76 Å². The minimum absolute atomic E-state index is 0.400. The molecule has 0 aliphatic rings. The zero-order valence-electron chi connectivity index (χ0n) is 8.45. The topological polar surface area (TPSA) is 47.6 Å². The van der Waals surface area contributed by atoms with Gasteiger partial charge in [0, 0.05) is 12.5 Å². The third-order valence-electron chi connectivity index (χ3n) is 1.79. The van der Waals surface area contributed by atoms with Gasteiger partial charge in [-0.05, 0) is 13.0 Å². The van der Waals surface area contributed by atoms with E-state index in [2.05, 4.69) is 11.7 Å². The Bertz CT molecular complexity index is 369. The van der Waals surface area contributed by atoms with Crippen molar-refractivity contribution in [3.63, 3.8) is 0 Å². The van der Waals surface area contributed by atoms with Gasteiger partial charge in [0.05, 0.1) is 0 Å². The first-order chi connectivity index (χ1) is 6.63. The summed E-state index contributed by atoms with van der Waals surface area (Å²) >= 11 is 0. The Morgan fingerprint density at radius 3 is 2.79 bits per heavy atom. The van der Waals surface area contributed by atoms with Gasteiger partial charge >= 0.3 is 0 Å². The number of benzene rings is 1. The monoisotopic (exact) mass is 190 g/mol. The van der Waals surface area contributed by atoms with Crippen molar-refractivity contribution in [1.29, 1.82) is 0 Å². The Morgan fingerprint density at radius 2 is 2.21 bits per heavy atom. The number of ether oxygens (including phenoxy) is 1. The van der Waals surface area contributed by atoms with Crippen LogP contribution in [0, 0.1) is 6.92 Å². The van der Waals surface area contributed by atoms with Gasteiger partial charge in [0.25, 0.3) is 0 Å². The zero-order valence-corrected chi connectivity index (χ0v) is 8.45. The van der Waals surface area contributed by atoms with Gasteiger partial charge in [0.1, 0.15) is 5.76 Å². The highest BCUT2D eigenvalue weighted by Gasteiger charge is 2.01. The fourth-order valence-electron chi connectivity index (χ4n) is 1.08. The summed E-state index contributed by atoms with van der Waals surface area (Å²) in [6.45, 7) is 7.49. The van der Waals surface area contributed by atoms with Crippen LogP contribution in [-0.2, 0) is 4.74 Å². The molecule has 1 aromatic rings. The van der Waals surface area contributed by atoms with Crippen molar-refractivity contribution in [2.75, 3.05) is 0 Å². The zero-order chi connectivity index (χ0) is 10.6. The molecule has 0 unspecified atom stereocenters. The van der Waals surface area contributed by atoms with Crippen LogP contribution >= 0.6 is 0 Å². The fourth-order valence-corrected chi connectivity index (χ4v) is 1.08. The standard InChI is InChI=1S/C11H14N2O/c1-8-5-4-6-11(7-8)9(2)14-10(3)13-12/h4-7H,2,12H2,1,3H3/b13-10-. The number of hydrogen-bond acceptors (Lipinski definition) is 3. The maximum Gasteiger partial charge on any atom is 0.208 e. The molecule has 0 fully saturated rings. The van der Waals surface area contributed by atoms with E-state index in [1.807, 2.05) is 31.2 Å². The maximum atomic E-state index is 5.27. The lowest BCUT2D eigenvalue weighted by atomic mass is 10.1. The van der Waals surface area contributed by atoms with E-state index in [1.54, 1.807) is 6.92 Å². The van der Waals surface area contributed by atoms with E-state index in [0.29, 0.717) is 11.7 Å². The summed E-state index contributed by atoms with van der Waals surface area (Å²) in [5.41, 5.74) is 2.10. The van der Waals surface area contributed by atoms with E-state index in [-0.39, 0.29) is 0 Å². The lowest BCUT2D eigenvalue weighted by molar-refractivity contribution is 0.502. The predicted octanol–water partition coefficient (Wildman–Crippen LogP) is 2.27. The van der Waals surface area contributed by atoms with Gasteiger partial charge in [-0.1, -0.05) is 30.3 Å². The number of nitrogens with zero attached hydrogens (tertiary/aromatic N) is 1. The molecule has 0 spiro atoms. The number of nitrogens with two attached hydrogens (primary N) is 1. The molecule has 0 radical (unpaired) electrons. The average Bonchev–Trinajstić information content (AvgIpc) is 2.17. The van der Waals surface area contributed by atoms with Crippen molar-refractivity contribution in [2.45, 2.75) is 13.8 Å². The number of rotatable bonds is 2. The summed E-state index contributed by atoms with van der Waals surface area (Å²) in [4.78, 5) is 0. The Morgan fingerprint density at radius 1 is 1.50 bits per heavy atom. The summed E-state index contributed by atoms with van der Waals surface area (Å²) < 4.78 is 5.27. The third-order valence-corrected chi connectivity index (χ3v) is 1.79. The van der Waals surface area contributed by atoms with Crippen molar-refractivity contribution >= 4 is 11.7 Å². The van der Waals surface area contributed by atoms with Gasteiger partial charge in [-0.25, -0.2) is 0 Å². The second-order valence-electron chi connectivity index (χ2n) is 3.04. The molecule has 2 N–H and O–H groups in total. The molecule has 0 aliphatic heterocycles. The smallest absolute Gasteiger partial charge is 0.208 e. The molecular formula is C11H14N2O. The van der Waals surface area contributed by atoms with Gasteiger partial charge in [0.2, 0.25) is 5.90 Å². The average molecular weight is 190 g/mol. The normalized spacial score (nSPS) is 11.1. The molecule has 0 amide bonds. The molecule has 0 aliphatic carbocycles. The Kier molecular flexibility index (Phi) is 3.29. The first kappa shape index (κ1) is 10.3. The molecule has 0 saturated heterocycles. The van der Waals surface area contributed by atoms with Gasteiger partial charge < -0.3 is 10.6 Å². The molecule has 3 nitrogen and oxygen atoms in total. The molecule has 0 aromatic heterocycles. The van der Waals surface area contributed by atoms with Crippen LogP contribution in [0.15, 0.2) is 35.9 Å². The van der Waals surface area contributed by atoms with Crippen LogP contribution in [0.5, 0.6) is 0 Å². The molecule has 0 bridgehead atoms. The van der Waals surface area contributed by atoms with Crippen LogP contribution in [0.3, 0.4) is 0 Å². The second-order valence-corrected chi connectivity index (χ2v) is 3.04. The molecule has 74 valence electrons. The van der Waals surface area contributed by atoms with Crippen molar-refractivity contribution in [1.82, 2.24) is 0 Å².